The van der Waals surface area contributed by atoms with Crippen LogP contribution in [0, 0.1) is 11.3 Å². The van der Waals surface area contributed by atoms with Crippen LogP contribution in [0.3, 0.4) is 0 Å². The van der Waals surface area contributed by atoms with Crippen molar-refractivity contribution in [2.75, 3.05) is 13.2 Å². The first-order valence-electron chi connectivity index (χ1n) is 10.7. The number of halogens is 1. The molecule has 0 atom stereocenters. The third kappa shape index (κ3) is 6.74. The SMILES string of the molecule is CCOc1ccc(C(=O)N/N=C/c2cc(Cl)c(OCc3ccc(C#N)cc3)c(OCC)c2)cc1. The lowest BCUT2D eigenvalue weighted by molar-refractivity contribution is 0.0955. The molecule has 1 N–H and O–H groups in total. The largest absolute Gasteiger partial charge is 0.494 e. The standard InChI is InChI=1S/C26H24ClN3O4/c1-3-32-22-11-9-21(10-12-22)26(31)30-29-16-20-13-23(27)25(24(14-20)33-4-2)34-17-19-7-5-18(15-28)6-8-19/h5-14,16H,3-4,17H2,1-2H3,(H,30,31)/b29-16+. The zero-order valence-corrected chi connectivity index (χ0v) is 19.6. The van der Waals surface area contributed by atoms with Crippen molar-refractivity contribution in [3.8, 4) is 23.3 Å². The number of ether oxygens (including phenoxy) is 3. The molecule has 3 aromatic rings. The number of hydrogen-bond donors (Lipinski definition) is 1. The van der Waals surface area contributed by atoms with Gasteiger partial charge < -0.3 is 14.2 Å². The molecule has 0 aliphatic carbocycles. The van der Waals surface area contributed by atoms with Crippen LogP contribution < -0.4 is 19.6 Å². The highest BCUT2D eigenvalue weighted by Gasteiger charge is 2.13. The van der Waals surface area contributed by atoms with E-state index in [9.17, 15) is 4.79 Å². The number of carbonyl (C=O) groups is 1. The second-order valence-electron chi connectivity index (χ2n) is 7.02. The molecule has 8 heteroatoms. The maximum absolute atomic E-state index is 12.3. The summed E-state index contributed by atoms with van der Waals surface area (Å²) in [5, 5.41) is 13.3. The fourth-order valence-corrected chi connectivity index (χ4v) is 3.27. The Kier molecular flexibility index (Phi) is 8.89. The Balaban J connectivity index is 1.67. The molecule has 7 nitrogen and oxygen atoms in total. The summed E-state index contributed by atoms with van der Waals surface area (Å²) in [5.41, 5.74) is 5.05. The van der Waals surface area contributed by atoms with Crippen LogP contribution in [-0.2, 0) is 6.61 Å². The van der Waals surface area contributed by atoms with Gasteiger partial charge in [-0.1, -0.05) is 23.7 Å². The van der Waals surface area contributed by atoms with E-state index in [0.29, 0.717) is 52.2 Å². The first kappa shape index (κ1) is 24.6. The van der Waals surface area contributed by atoms with Crippen molar-refractivity contribution >= 4 is 23.7 Å². The van der Waals surface area contributed by atoms with Crippen molar-refractivity contribution in [1.29, 1.82) is 5.26 Å². The molecule has 0 heterocycles. The zero-order valence-electron chi connectivity index (χ0n) is 18.9. The van der Waals surface area contributed by atoms with Crippen molar-refractivity contribution < 1.29 is 19.0 Å². The lowest BCUT2D eigenvalue weighted by Crippen LogP contribution is -2.17. The third-order valence-electron chi connectivity index (χ3n) is 4.61. The third-order valence-corrected chi connectivity index (χ3v) is 4.89. The van der Waals surface area contributed by atoms with Gasteiger partial charge in [-0.2, -0.15) is 10.4 Å². The minimum absolute atomic E-state index is 0.261. The van der Waals surface area contributed by atoms with Gasteiger partial charge in [0.25, 0.3) is 5.91 Å². The molecule has 0 radical (unpaired) electrons. The number of nitriles is 1. The molecule has 3 aromatic carbocycles. The molecule has 0 aliphatic rings. The van der Waals surface area contributed by atoms with E-state index >= 15 is 0 Å². The summed E-state index contributed by atoms with van der Waals surface area (Å²) in [6, 6.07) is 19.4. The van der Waals surface area contributed by atoms with Gasteiger partial charge in [-0.25, -0.2) is 5.43 Å². The maximum atomic E-state index is 12.3. The van der Waals surface area contributed by atoms with Gasteiger partial charge in [0, 0.05) is 5.56 Å². The topological polar surface area (TPSA) is 92.9 Å². The summed E-state index contributed by atoms with van der Waals surface area (Å²) < 4.78 is 17.0. The lowest BCUT2D eigenvalue weighted by Gasteiger charge is -2.14. The summed E-state index contributed by atoms with van der Waals surface area (Å²) in [6.45, 7) is 4.99. The number of benzene rings is 3. The van der Waals surface area contributed by atoms with Crippen molar-refractivity contribution in [2.45, 2.75) is 20.5 Å². The summed E-state index contributed by atoms with van der Waals surface area (Å²) in [4.78, 5) is 12.3. The van der Waals surface area contributed by atoms with Crippen LogP contribution in [0.2, 0.25) is 5.02 Å². The molecule has 174 valence electrons. The molecule has 34 heavy (non-hydrogen) atoms. The van der Waals surface area contributed by atoms with Gasteiger partial charge in [-0.3, -0.25) is 4.79 Å². The van der Waals surface area contributed by atoms with Crippen LogP contribution in [0.5, 0.6) is 17.2 Å². The minimum atomic E-state index is -0.349. The van der Waals surface area contributed by atoms with E-state index in [4.69, 9.17) is 31.1 Å². The first-order chi connectivity index (χ1) is 16.5. The molecule has 0 aliphatic heterocycles. The summed E-state index contributed by atoms with van der Waals surface area (Å²) in [5.74, 6) is 1.21. The van der Waals surface area contributed by atoms with Crippen LogP contribution in [0.1, 0.15) is 40.9 Å². The Morgan fingerprint density at radius 2 is 1.74 bits per heavy atom. The van der Waals surface area contributed by atoms with Gasteiger partial charge in [0.05, 0.1) is 36.1 Å². The fourth-order valence-electron chi connectivity index (χ4n) is 3.00. The van der Waals surface area contributed by atoms with Crippen molar-refractivity contribution in [3.05, 3.63) is 87.9 Å². The van der Waals surface area contributed by atoms with Gasteiger partial charge in [0.1, 0.15) is 12.4 Å². The molecule has 0 spiro atoms. The Morgan fingerprint density at radius 3 is 2.38 bits per heavy atom. The fraction of sp³-hybridized carbons (Fsp3) is 0.192. The smallest absolute Gasteiger partial charge is 0.271 e. The summed E-state index contributed by atoms with van der Waals surface area (Å²) in [6.07, 6.45) is 1.48. The number of rotatable bonds is 10. The summed E-state index contributed by atoms with van der Waals surface area (Å²) in [7, 11) is 0. The molecular weight excluding hydrogens is 454 g/mol. The van der Waals surface area contributed by atoms with E-state index in [1.54, 1.807) is 48.5 Å². The van der Waals surface area contributed by atoms with Crippen LogP contribution in [0.4, 0.5) is 0 Å². The number of nitrogens with one attached hydrogen (secondary N) is 1. The number of nitrogens with zero attached hydrogens (tertiary/aromatic N) is 2. The number of amides is 1. The minimum Gasteiger partial charge on any atom is -0.494 e. The van der Waals surface area contributed by atoms with Gasteiger partial charge in [-0.15, -0.1) is 0 Å². The second-order valence-corrected chi connectivity index (χ2v) is 7.42. The van der Waals surface area contributed by atoms with E-state index < -0.39 is 0 Å². The highest BCUT2D eigenvalue weighted by atomic mass is 35.5. The molecular formula is C26H24ClN3O4. The zero-order chi connectivity index (χ0) is 24.3. The number of hydrazone groups is 1. The molecule has 0 fully saturated rings. The van der Waals surface area contributed by atoms with Crippen LogP contribution in [-0.4, -0.2) is 25.3 Å². The Morgan fingerprint density at radius 1 is 1.03 bits per heavy atom. The van der Waals surface area contributed by atoms with E-state index in [0.717, 1.165) is 5.56 Å². The molecule has 0 aromatic heterocycles. The van der Waals surface area contributed by atoms with Crippen molar-refractivity contribution in [1.82, 2.24) is 5.43 Å². The molecule has 0 unspecified atom stereocenters. The van der Waals surface area contributed by atoms with Gasteiger partial charge in [0.15, 0.2) is 11.5 Å². The average Bonchev–Trinajstić information content (AvgIpc) is 2.84. The second kappa shape index (κ2) is 12.3. The van der Waals surface area contributed by atoms with E-state index in [-0.39, 0.29) is 12.5 Å². The van der Waals surface area contributed by atoms with Crippen molar-refractivity contribution in [2.24, 2.45) is 5.10 Å². The summed E-state index contributed by atoms with van der Waals surface area (Å²) >= 11 is 6.45. The van der Waals surface area contributed by atoms with E-state index in [2.05, 4.69) is 16.6 Å². The number of carbonyl (C=O) groups excluding carboxylic acids is 1. The predicted octanol–water partition coefficient (Wildman–Crippen LogP) is 5.35. The Bertz CT molecular complexity index is 1190. The quantitative estimate of drug-likeness (QED) is 0.314. The highest BCUT2D eigenvalue weighted by molar-refractivity contribution is 6.32. The molecule has 1 amide bonds. The van der Waals surface area contributed by atoms with Crippen molar-refractivity contribution in [3.63, 3.8) is 0 Å². The van der Waals surface area contributed by atoms with Crippen LogP contribution >= 0.6 is 11.6 Å². The van der Waals surface area contributed by atoms with E-state index in [1.165, 1.54) is 6.21 Å². The van der Waals surface area contributed by atoms with Crippen LogP contribution in [0.15, 0.2) is 65.8 Å². The lowest BCUT2D eigenvalue weighted by atomic mass is 10.1. The first-order valence-corrected chi connectivity index (χ1v) is 11.1. The highest BCUT2D eigenvalue weighted by Crippen LogP contribution is 2.37. The molecule has 0 saturated carbocycles. The Labute approximate surface area is 203 Å². The van der Waals surface area contributed by atoms with Crippen LogP contribution in [0.25, 0.3) is 0 Å². The Hall–Kier alpha value is -4.02. The predicted molar refractivity (Wildman–Crippen MR) is 131 cm³/mol. The van der Waals surface area contributed by atoms with Gasteiger partial charge in [0.2, 0.25) is 0 Å². The van der Waals surface area contributed by atoms with Gasteiger partial charge >= 0.3 is 0 Å². The molecule has 0 bridgehead atoms. The maximum Gasteiger partial charge on any atom is 0.271 e. The normalized spacial score (nSPS) is 10.5. The van der Waals surface area contributed by atoms with Gasteiger partial charge in [-0.05, 0) is 73.5 Å². The molecule has 3 rings (SSSR count). The monoisotopic (exact) mass is 477 g/mol. The average molecular weight is 478 g/mol. The molecule has 0 saturated heterocycles. The van der Waals surface area contributed by atoms with E-state index in [1.807, 2.05) is 26.0 Å². The number of hydrogen-bond acceptors (Lipinski definition) is 6.